The minimum Gasteiger partial charge on any atom is -0.365 e. The Morgan fingerprint density at radius 1 is 1.12 bits per heavy atom. The van der Waals surface area contributed by atoms with Crippen molar-refractivity contribution in [2.75, 3.05) is 23.3 Å². The van der Waals surface area contributed by atoms with E-state index in [1.54, 1.807) is 17.7 Å². The van der Waals surface area contributed by atoms with Gasteiger partial charge in [0.1, 0.15) is 23.0 Å². The predicted octanol–water partition coefficient (Wildman–Crippen LogP) is 4.12. The quantitative estimate of drug-likeness (QED) is 0.749. The van der Waals surface area contributed by atoms with E-state index in [4.69, 9.17) is 4.98 Å². The lowest BCUT2D eigenvalue weighted by atomic mass is 10.2. The largest absolute Gasteiger partial charge is 0.365 e. The van der Waals surface area contributed by atoms with E-state index in [-0.39, 0.29) is 0 Å². The summed E-state index contributed by atoms with van der Waals surface area (Å²) in [6.45, 7) is 4.97. The number of aromatic nitrogens is 3. The van der Waals surface area contributed by atoms with E-state index in [0.29, 0.717) is 0 Å². The highest BCUT2D eigenvalue weighted by Crippen LogP contribution is 2.28. The third-order valence-corrected chi connectivity index (χ3v) is 5.63. The summed E-state index contributed by atoms with van der Waals surface area (Å²) in [5, 5.41) is 4.49. The van der Waals surface area contributed by atoms with Crippen molar-refractivity contribution in [2.45, 2.75) is 26.3 Å². The molecule has 1 aliphatic heterocycles. The molecule has 1 N–H and O–H groups in total. The molecule has 0 amide bonds. The van der Waals surface area contributed by atoms with Crippen LogP contribution in [0, 0.1) is 6.92 Å². The van der Waals surface area contributed by atoms with E-state index < -0.39 is 0 Å². The molecule has 0 aliphatic carbocycles. The molecule has 0 saturated carbocycles. The molecule has 1 aromatic carbocycles. The minimum atomic E-state index is 0.729. The summed E-state index contributed by atoms with van der Waals surface area (Å²) >= 11 is 1.73. The smallest absolute Gasteiger partial charge is 0.134 e. The number of thiazole rings is 1. The molecule has 2 aromatic heterocycles. The molecule has 4 rings (SSSR count). The number of hydrogen-bond acceptors (Lipinski definition) is 6. The van der Waals surface area contributed by atoms with Gasteiger partial charge in [-0.25, -0.2) is 15.0 Å². The fourth-order valence-corrected chi connectivity index (χ4v) is 4.04. The van der Waals surface area contributed by atoms with Gasteiger partial charge in [-0.1, -0.05) is 30.3 Å². The van der Waals surface area contributed by atoms with Crippen molar-refractivity contribution in [3.63, 3.8) is 0 Å². The van der Waals surface area contributed by atoms with Crippen molar-refractivity contribution in [3.05, 3.63) is 53.3 Å². The van der Waals surface area contributed by atoms with Crippen LogP contribution >= 0.6 is 11.3 Å². The second-order valence-corrected chi connectivity index (χ2v) is 7.29. The van der Waals surface area contributed by atoms with Crippen LogP contribution in [0.25, 0.3) is 10.6 Å². The van der Waals surface area contributed by atoms with Crippen LogP contribution in [0.4, 0.5) is 11.6 Å². The zero-order chi connectivity index (χ0) is 17.1. The van der Waals surface area contributed by atoms with Gasteiger partial charge in [-0.2, -0.15) is 0 Å². The van der Waals surface area contributed by atoms with Crippen LogP contribution in [-0.4, -0.2) is 28.0 Å². The number of rotatable bonds is 5. The lowest BCUT2D eigenvalue weighted by Crippen LogP contribution is -2.19. The number of anilines is 2. The molecule has 0 spiro atoms. The summed E-state index contributed by atoms with van der Waals surface area (Å²) in [5.41, 5.74) is 2.24. The lowest BCUT2D eigenvalue weighted by molar-refractivity contribution is 0.925. The summed E-state index contributed by atoms with van der Waals surface area (Å²) in [4.78, 5) is 17.0. The Morgan fingerprint density at radius 3 is 2.72 bits per heavy atom. The maximum Gasteiger partial charge on any atom is 0.134 e. The molecule has 0 unspecified atom stereocenters. The molecule has 0 atom stereocenters. The number of benzene rings is 1. The monoisotopic (exact) mass is 351 g/mol. The van der Waals surface area contributed by atoms with Crippen molar-refractivity contribution < 1.29 is 0 Å². The number of nitrogens with zero attached hydrogens (tertiary/aromatic N) is 4. The van der Waals surface area contributed by atoms with Gasteiger partial charge in [0, 0.05) is 29.6 Å². The molecule has 0 bridgehead atoms. The van der Waals surface area contributed by atoms with Gasteiger partial charge in [0.2, 0.25) is 0 Å². The molecule has 128 valence electrons. The van der Waals surface area contributed by atoms with E-state index in [9.17, 15) is 0 Å². The second kappa shape index (κ2) is 7.19. The summed E-state index contributed by atoms with van der Waals surface area (Å²) in [5.74, 6) is 1.88. The number of nitrogens with one attached hydrogen (secondary N) is 1. The van der Waals surface area contributed by atoms with Gasteiger partial charge in [-0.15, -0.1) is 11.3 Å². The standard InChI is InChI=1S/C19H21N5S/c1-14-16(25-19(23-14)15-7-3-2-4-8-15)12-20-17-11-18(22-13-21-17)24-9-5-6-10-24/h2-4,7-8,11,13H,5-6,9-10,12H2,1H3,(H,20,21,22). The molecule has 5 nitrogen and oxygen atoms in total. The van der Waals surface area contributed by atoms with Crippen molar-refractivity contribution in [1.29, 1.82) is 0 Å². The zero-order valence-corrected chi connectivity index (χ0v) is 15.1. The molecule has 1 saturated heterocycles. The molecular formula is C19H21N5S. The molecule has 0 radical (unpaired) electrons. The maximum atomic E-state index is 4.71. The molecule has 6 heteroatoms. The van der Waals surface area contributed by atoms with Crippen LogP contribution in [0.2, 0.25) is 0 Å². The van der Waals surface area contributed by atoms with Crippen molar-refractivity contribution in [3.8, 4) is 10.6 Å². The van der Waals surface area contributed by atoms with Crippen LogP contribution in [0.5, 0.6) is 0 Å². The van der Waals surface area contributed by atoms with Crippen LogP contribution in [0.1, 0.15) is 23.4 Å². The van der Waals surface area contributed by atoms with Gasteiger partial charge in [0.15, 0.2) is 0 Å². The summed E-state index contributed by atoms with van der Waals surface area (Å²) in [7, 11) is 0. The van der Waals surface area contributed by atoms with Crippen LogP contribution < -0.4 is 10.2 Å². The van der Waals surface area contributed by atoms with E-state index in [1.807, 2.05) is 24.3 Å². The first kappa shape index (κ1) is 16.0. The fraction of sp³-hybridized carbons (Fsp3) is 0.316. The summed E-state index contributed by atoms with van der Waals surface area (Å²) in [6.07, 6.45) is 4.13. The Labute approximate surface area is 151 Å². The molecular weight excluding hydrogens is 330 g/mol. The maximum absolute atomic E-state index is 4.71. The van der Waals surface area contributed by atoms with Crippen LogP contribution in [0.3, 0.4) is 0 Å². The molecule has 3 aromatic rings. The third-order valence-electron chi connectivity index (χ3n) is 4.43. The van der Waals surface area contributed by atoms with Crippen molar-refractivity contribution >= 4 is 23.0 Å². The van der Waals surface area contributed by atoms with Gasteiger partial charge < -0.3 is 10.2 Å². The zero-order valence-electron chi connectivity index (χ0n) is 14.3. The summed E-state index contributed by atoms with van der Waals surface area (Å²) in [6, 6.07) is 12.4. The third kappa shape index (κ3) is 3.64. The fourth-order valence-electron chi connectivity index (χ4n) is 3.03. The first-order valence-corrected chi connectivity index (χ1v) is 9.44. The highest BCUT2D eigenvalue weighted by Gasteiger charge is 2.14. The lowest BCUT2D eigenvalue weighted by Gasteiger charge is -2.16. The van der Waals surface area contributed by atoms with Crippen molar-refractivity contribution in [2.24, 2.45) is 0 Å². The SMILES string of the molecule is Cc1nc(-c2ccccc2)sc1CNc1cc(N2CCCC2)ncn1. The average Bonchev–Trinajstić information content (AvgIpc) is 3.31. The Hall–Kier alpha value is -2.47. The predicted molar refractivity (Wildman–Crippen MR) is 103 cm³/mol. The number of aryl methyl sites for hydroxylation is 1. The molecule has 1 aliphatic rings. The van der Waals surface area contributed by atoms with Crippen molar-refractivity contribution in [1.82, 2.24) is 15.0 Å². The Morgan fingerprint density at radius 2 is 1.92 bits per heavy atom. The van der Waals surface area contributed by atoms with Gasteiger partial charge in [0.25, 0.3) is 0 Å². The highest BCUT2D eigenvalue weighted by molar-refractivity contribution is 7.15. The minimum absolute atomic E-state index is 0.729. The van der Waals surface area contributed by atoms with Gasteiger partial charge in [-0.05, 0) is 19.8 Å². The van der Waals surface area contributed by atoms with E-state index in [1.165, 1.54) is 23.3 Å². The topological polar surface area (TPSA) is 53.9 Å². The Kier molecular flexibility index (Phi) is 4.61. The Bertz CT molecular complexity index is 840. The second-order valence-electron chi connectivity index (χ2n) is 6.20. The van der Waals surface area contributed by atoms with Gasteiger partial charge in [-0.3, -0.25) is 0 Å². The van der Waals surface area contributed by atoms with Crippen LogP contribution in [-0.2, 0) is 6.54 Å². The molecule has 3 heterocycles. The first-order chi connectivity index (χ1) is 12.3. The number of hydrogen-bond donors (Lipinski definition) is 1. The van der Waals surface area contributed by atoms with Gasteiger partial charge >= 0.3 is 0 Å². The van der Waals surface area contributed by atoms with Gasteiger partial charge in [0.05, 0.1) is 12.2 Å². The Balaban J connectivity index is 1.46. The summed E-state index contributed by atoms with van der Waals surface area (Å²) < 4.78 is 0. The van der Waals surface area contributed by atoms with E-state index in [2.05, 4.69) is 39.2 Å². The normalized spacial score (nSPS) is 14.0. The molecule has 25 heavy (non-hydrogen) atoms. The van der Waals surface area contributed by atoms with Crippen LogP contribution in [0.15, 0.2) is 42.7 Å². The highest BCUT2D eigenvalue weighted by atomic mass is 32.1. The average molecular weight is 351 g/mol. The first-order valence-electron chi connectivity index (χ1n) is 8.62. The van der Waals surface area contributed by atoms with E-state index in [0.717, 1.165) is 42.0 Å². The molecule has 1 fully saturated rings. The van der Waals surface area contributed by atoms with E-state index >= 15 is 0 Å².